The smallest absolute Gasteiger partial charge is 0.305 e. The number of aromatic nitrogens is 3. The molecule has 7 rings (SSSR count). The number of para-hydroxylation sites is 3. The summed E-state index contributed by atoms with van der Waals surface area (Å²) in [5.41, 5.74) is 21.5. The van der Waals surface area contributed by atoms with E-state index in [-0.39, 0.29) is 88.5 Å². The average molecular weight is 1750 g/mol. The van der Waals surface area contributed by atoms with Gasteiger partial charge in [-0.25, -0.2) is 0 Å². The number of H-pyrrole nitrogens is 3. The molecule has 0 radical (unpaired) electrons. The monoisotopic (exact) mass is 1750 g/mol. The molecule has 0 saturated heterocycles. The number of aromatic amines is 3. The first kappa shape index (κ1) is 99.5. The number of unbranched alkanes of at least 4 members (excludes halogenated alkanes) is 1. The van der Waals surface area contributed by atoms with Crippen molar-refractivity contribution < 1.29 is 96.8 Å². The lowest BCUT2D eigenvalue weighted by Gasteiger charge is -2.28. The molecule has 39 heteroatoms. The van der Waals surface area contributed by atoms with Crippen molar-refractivity contribution >= 4 is 133 Å². The van der Waals surface area contributed by atoms with Crippen molar-refractivity contribution in [3.8, 4) is 0 Å². The fourth-order valence-electron chi connectivity index (χ4n) is 14.3. The number of carbonyl (C=O) groups excluding carboxylic acids is 15. The van der Waals surface area contributed by atoms with Crippen LogP contribution in [0.1, 0.15) is 142 Å². The lowest BCUT2D eigenvalue weighted by molar-refractivity contribution is -0.142. The molecule has 39 nitrogen and oxygen atoms in total. The molecule has 0 aliphatic rings. The molecule has 4 aromatic carbocycles. The predicted molar refractivity (Wildman–Crippen MR) is 463 cm³/mol. The minimum atomic E-state index is -1.96. The summed E-state index contributed by atoms with van der Waals surface area (Å²) in [7, 11) is 0. The van der Waals surface area contributed by atoms with Crippen LogP contribution in [-0.2, 0) is 107 Å². The van der Waals surface area contributed by atoms with E-state index in [0.717, 1.165) is 0 Å². The molecule has 680 valence electrons. The molecule has 0 spiro atoms. The van der Waals surface area contributed by atoms with E-state index < -0.39 is 211 Å². The standard InChI is InChI=1S/C87H117N19O20/c1-45(2)32-63(95-49(8)108)80(119)97-61(29-30-73(110)111)78(117)99-64(33-46(3)4)82(121)105-70(40-74(112)113)86(125)96-60(28-18-19-31-88)77(116)101-66(36-51-41-91-57-25-15-12-22-54(51)57)79(118)94-48(7)76(115)106-71(44-107)87(126)100-65(34-47(5)6)81(120)102-68(38-53-43-93-59-27-17-14-24-56(53)59)84(123)104-69(39-72(89)109)85(124)103-67(37-52-42-92-58-26-16-13-23-55(52)58)83(122)98-62(75(90)114)35-50-20-10-9-11-21-50/h9-17,20-27,41-43,45-48,60-71,91-93,107H,18-19,28-40,44,88H2,1-8H3,(H2,89,109)(H2,90,114)(H,94,118)(H,95,108)(H,96,125)(H,97,119)(H,98,122)(H,99,117)(H,100,126)(H,101,116)(H,102,120)(H,103,124)(H,104,123)(H,105,121)(H,106,115)(H,110,111)(H,112,113)/t48-,60-,61-,62-,63-,64-,65-,66-,67-,68-,69-,70-,71-/m0/s1. The lowest BCUT2D eigenvalue weighted by Crippen LogP contribution is -2.61. The second kappa shape index (κ2) is 48.5. The van der Waals surface area contributed by atoms with Crippen LogP contribution in [0.2, 0.25) is 0 Å². The number of carboxylic acid groups (broad SMARTS) is 2. The van der Waals surface area contributed by atoms with Gasteiger partial charge in [-0.2, -0.15) is 0 Å². The summed E-state index contributed by atoms with van der Waals surface area (Å²) in [5, 5.41) is 65.4. The third-order valence-electron chi connectivity index (χ3n) is 20.7. The highest BCUT2D eigenvalue weighted by molar-refractivity contribution is 6.02. The number of nitrogens with two attached hydrogens (primary N) is 3. The number of hydrogen-bond acceptors (Lipinski definition) is 19. The van der Waals surface area contributed by atoms with Crippen LogP contribution in [0.25, 0.3) is 32.7 Å². The van der Waals surface area contributed by atoms with E-state index in [1.54, 1.807) is 163 Å². The fourth-order valence-corrected chi connectivity index (χ4v) is 14.3. The fraction of sp³-hybridized carbons (Fsp3) is 0.460. The third kappa shape index (κ3) is 31.0. The van der Waals surface area contributed by atoms with Gasteiger partial charge in [-0.15, -0.1) is 0 Å². The topological polar surface area (TPSA) is 633 Å². The highest BCUT2D eigenvalue weighted by atomic mass is 16.4. The zero-order valence-electron chi connectivity index (χ0n) is 71.6. The Balaban J connectivity index is 1.09. The van der Waals surface area contributed by atoms with Crippen LogP contribution < -0.4 is 86.3 Å². The van der Waals surface area contributed by atoms with E-state index >= 15 is 4.79 Å². The van der Waals surface area contributed by atoms with Gasteiger partial charge in [-0.05, 0) is 117 Å². The van der Waals surface area contributed by atoms with Crippen LogP contribution in [0, 0.1) is 17.8 Å². The Labute approximate surface area is 726 Å². The largest absolute Gasteiger partial charge is 0.481 e. The molecule has 0 unspecified atom stereocenters. The van der Waals surface area contributed by atoms with E-state index in [2.05, 4.69) is 84.1 Å². The number of aliphatic hydroxyl groups excluding tert-OH is 1. The van der Waals surface area contributed by atoms with Crippen LogP contribution >= 0.6 is 0 Å². The van der Waals surface area contributed by atoms with Crippen molar-refractivity contribution in [1.82, 2.24) is 84.1 Å². The van der Waals surface area contributed by atoms with Gasteiger partial charge in [0.2, 0.25) is 88.6 Å². The molecule has 3 aromatic heterocycles. The number of hydrogen-bond donors (Lipinski definition) is 22. The predicted octanol–water partition coefficient (Wildman–Crippen LogP) is -0.297. The van der Waals surface area contributed by atoms with Gasteiger partial charge in [0.25, 0.3) is 0 Å². The van der Waals surface area contributed by atoms with E-state index in [1.807, 2.05) is 0 Å². The number of nitrogens with one attached hydrogen (secondary N) is 16. The Kier molecular flexibility index (Phi) is 38.3. The summed E-state index contributed by atoms with van der Waals surface area (Å²) < 4.78 is 0. The maximum absolute atomic E-state index is 15.0. The molecular formula is C87H117N19O20. The Morgan fingerprint density at radius 2 is 0.667 bits per heavy atom. The van der Waals surface area contributed by atoms with Gasteiger partial charge in [0.05, 0.1) is 19.4 Å². The van der Waals surface area contributed by atoms with Gasteiger partial charge in [-0.3, -0.25) is 81.5 Å². The number of primary amides is 2. The van der Waals surface area contributed by atoms with Crippen LogP contribution in [0.3, 0.4) is 0 Å². The first-order valence-corrected chi connectivity index (χ1v) is 41.7. The van der Waals surface area contributed by atoms with Crippen molar-refractivity contribution in [3.63, 3.8) is 0 Å². The number of amides is 15. The van der Waals surface area contributed by atoms with Gasteiger partial charge in [-0.1, -0.05) is 126 Å². The second-order valence-electron chi connectivity index (χ2n) is 32.5. The summed E-state index contributed by atoms with van der Waals surface area (Å²) in [6, 6.07) is 9.00. The number of carbonyl (C=O) groups is 17. The number of aliphatic carboxylic acids is 2. The molecule has 0 saturated carbocycles. The zero-order valence-corrected chi connectivity index (χ0v) is 71.6. The number of carboxylic acids is 2. The molecule has 0 fully saturated rings. The third-order valence-corrected chi connectivity index (χ3v) is 20.7. The van der Waals surface area contributed by atoms with Crippen LogP contribution in [0.15, 0.2) is 122 Å². The molecule has 0 aliphatic carbocycles. The van der Waals surface area contributed by atoms with E-state index in [4.69, 9.17) is 17.2 Å². The summed E-state index contributed by atoms with van der Waals surface area (Å²) in [4.78, 5) is 245. The SMILES string of the molecule is CC(=O)N[C@@H](CC(C)C)C(=O)N[C@@H](CCC(=O)O)C(=O)N[C@@H](CC(C)C)C(=O)N[C@@H](CC(=O)O)C(=O)N[C@@H](CCCCN)C(=O)N[C@@H](Cc1c[nH]c2ccccc12)C(=O)N[C@@H](C)C(=O)N[C@@H](CO)C(=O)N[C@@H](CC(C)C)C(=O)N[C@@H](Cc1c[nH]c2ccccc12)C(=O)N[C@@H](CC(N)=O)C(=O)N[C@@H](Cc1c[nH]c2ccccc12)C(=O)N[C@@H](Cc1ccccc1)C(N)=O. The molecule has 0 bridgehead atoms. The molecule has 0 aliphatic heterocycles. The molecule has 25 N–H and O–H groups in total. The molecule has 15 amide bonds. The van der Waals surface area contributed by atoms with Crippen LogP contribution in [0.4, 0.5) is 0 Å². The van der Waals surface area contributed by atoms with Crippen molar-refractivity contribution in [2.24, 2.45) is 35.0 Å². The van der Waals surface area contributed by atoms with Gasteiger partial charge in [0.15, 0.2) is 0 Å². The minimum Gasteiger partial charge on any atom is -0.481 e. The summed E-state index contributed by atoms with van der Waals surface area (Å²) >= 11 is 0. The summed E-state index contributed by atoms with van der Waals surface area (Å²) in [5.74, 6) is -18.8. The lowest BCUT2D eigenvalue weighted by atomic mass is 10.00. The zero-order chi connectivity index (χ0) is 92.6. The van der Waals surface area contributed by atoms with Crippen molar-refractivity contribution in [1.29, 1.82) is 0 Å². The number of fused-ring (bicyclic) bond motifs is 3. The van der Waals surface area contributed by atoms with Gasteiger partial charge in [0, 0.05) is 90.3 Å². The Hall–Kier alpha value is -13.6. The first-order chi connectivity index (χ1) is 59.8. The van der Waals surface area contributed by atoms with Crippen molar-refractivity contribution in [2.75, 3.05) is 13.2 Å². The normalized spacial score (nSPS) is 14.5. The van der Waals surface area contributed by atoms with Crippen LogP contribution in [0.5, 0.6) is 0 Å². The number of rotatable bonds is 52. The molecule has 7 aromatic rings. The second-order valence-corrected chi connectivity index (χ2v) is 32.5. The maximum atomic E-state index is 15.0. The molecule has 3 heterocycles. The van der Waals surface area contributed by atoms with Crippen LogP contribution in [-0.4, -0.2) is 223 Å². The summed E-state index contributed by atoms with van der Waals surface area (Å²) in [6.45, 7) is 11.7. The Bertz CT molecular complexity index is 5010. The highest BCUT2D eigenvalue weighted by Gasteiger charge is 2.39. The van der Waals surface area contributed by atoms with E-state index in [0.29, 0.717) is 55.0 Å². The first-order valence-electron chi connectivity index (χ1n) is 41.7. The number of aliphatic hydroxyl groups is 1. The minimum absolute atomic E-state index is 0.0225. The van der Waals surface area contributed by atoms with Gasteiger partial charge >= 0.3 is 11.9 Å². The number of benzene rings is 4. The quantitative estimate of drug-likeness (QED) is 0.0218. The Morgan fingerprint density at radius 1 is 0.341 bits per heavy atom. The molecule has 126 heavy (non-hydrogen) atoms. The Morgan fingerprint density at radius 3 is 1.05 bits per heavy atom. The van der Waals surface area contributed by atoms with Crippen molar-refractivity contribution in [3.05, 3.63) is 144 Å². The van der Waals surface area contributed by atoms with Crippen molar-refractivity contribution in [2.45, 2.75) is 224 Å². The maximum Gasteiger partial charge on any atom is 0.305 e. The van der Waals surface area contributed by atoms with Gasteiger partial charge < -0.3 is 117 Å². The van der Waals surface area contributed by atoms with E-state index in [9.17, 15) is 92.0 Å². The van der Waals surface area contributed by atoms with Gasteiger partial charge in [0.1, 0.15) is 78.5 Å². The highest BCUT2D eigenvalue weighted by Crippen LogP contribution is 2.24. The molecular weight excluding hydrogens is 1630 g/mol. The van der Waals surface area contributed by atoms with E-state index in [1.165, 1.54) is 13.8 Å². The molecule has 13 atom stereocenters. The average Bonchev–Trinajstić information content (AvgIpc) is 1.66. The summed E-state index contributed by atoms with van der Waals surface area (Å²) in [6.07, 6.45) is 1.02.